The van der Waals surface area contributed by atoms with Crippen molar-refractivity contribution in [3.8, 4) is 0 Å². The van der Waals surface area contributed by atoms with Gasteiger partial charge in [0.1, 0.15) is 0 Å². The topological polar surface area (TPSA) is 32.3 Å². The van der Waals surface area contributed by atoms with Gasteiger partial charge in [0.05, 0.1) is 5.92 Å². The van der Waals surface area contributed by atoms with Crippen LogP contribution < -0.4 is 5.32 Å². The second kappa shape index (κ2) is 6.01. The van der Waals surface area contributed by atoms with Gasteiger partial charge in [0.15, 0.2) is 0 Å². The molecule has 0 radical (unpaired) electrons. The third kappa shape index (κ3) is 3.57. The van der Waals surface area contributed by atoms with Crippen molar-refractivity contribution in [3.63, 3.8) is 0 Å². The minimum absolute atomic E-state index is 0.163. The van der Waals surface area contributed by atoms with Gasteiger partial charge in [-0.2, -0.15) is 0 Å². The van der Waals surface area contributed by atoms with Gasteiger partial charge in [-0.3, -0.25) is 9.69 Å². The summed E-state index contributed by atoms with van der Waals surface area (Å²) in [6, 6.07) is 10.7. The number of carbonyl (C=O) groups is 1. The summed E-state index contributed by atoms with van der Waals surface area (Å²) in [6.45, 7) is 6.87. The van der Waals surface area contributed by atoms with E-state index in [9.17, 15) is 4.79 Å². The van der Waals surface area contributed by atoms with Crippen molar-refractivity contribution in [1.82, 2.24) is 10.2 Å². The standard InChI is InChI=1S/C15H22N2O/c1-12(2)16-15(18)14-8-9-17(11-14)10-13-6-4-3-5-7-13/h3-7,12,14H,8-11H2,1-2H3,(H,16,18). The Morgan fingerprint density at radius 2 is 2.11 bits per heavy atom. The summed E-state index contributed by atoms with van der Waals surface area (Å²) in [6.07, 6.45) is 0.978. The van der Waals surface area contributed by atoms with Crippen LogP contribution in [0.25, 0.3) is 0 Å². The van der Waals surface area contributed by atoms with Gasteiger partial charge in [0.25, 0.3) is 0 Å². The van der Waals surface area contributed by atoms with Crippen molar-refractivity contribution in [2.45, 2.75) is 32.9 Å². The van der Waals surface area contributed by atoms with Gasteiger partial charge in [-0.15, -0.1) is 0 Å². The first-order chi connectivity index (χ1) is 8.65. The molecule has 0 bridgehead atoms. The fraction of sp³-hybridized carbons (Fsp3) is 0.533. The molecule has 1 N–H and O–H groups in total. The summed E-state index contributed by atoms with van der Waals surface area (Å²) in [4.78, 5) is 14.3. The highest BCUT2D eigenvalue weighted by molar-refractivity contribution is 5.79. The zero-order valence-corrected chi connectivity index (χ0v) is 11.2. The van der Waals surface area contributed by atoms with E-state index >= 15 is 0 Å². The van der Waals surface area contributed by atoms with Gasteiger partial charge in [-0.05, 0) is 32.4 Å². The van der Waals surface area contributed by atoms with Crippen LogP contribution in [0.15, 0.2) is 30.3 Å². The average molecular weight is 246 g/mol. The Kier molecular flexibility index (Phi) is 4.37. The molecule has 0 aliphatic carbocycles. The smallest absolute Gasteiger partial charge is 0.224 e. The molecule has 1 amide bonds. The monoisotopic (exact) mass is 246 g/mol. The van der Waals surface area contributed by atoms with Crippen molar-refractivity contribution in [2.75, 3.05) is 13.1 Å². The van der Waals surface area contributed by atoms with E-state index in [1.807, 2.05) is 19.9 Å². The predicted octanol–water partition coefficient (Wildman–Crippen LogP) is 2.03. The molecule has 1 aromatic carbocycles. The number of likely N-dealkylation sites (tertiary alicyclic amines) is 1. The third-order valence-corrected chi connectivity index (χ3v) is 3.32. The van der Waals surface area contributed by atoms with Crippen molar-refractivity contribution >= 4 is 5.91 Å². The molecule has 0 saturated carbocycles. The van der Waals surface area contributed by atoms with Gasteiger partial charge in [-0.1, -0.05) is 30.3 Å². The summed E-state index contributed by atoms with van der Waals surface area (Å²) in [5.74, 6) is 0.372. The first kappa shape index (κ1) is 13.1. The van der Waals surface area contributed by atoms with Crippen LogP contribution in [0.1, 0.15) is 25.8 Å². The molecule has 1 aliphatic heterocycles. The molecule has 98 valence electrons. The lowest BCUT2D eigenvalue weighted by atomic mass is 10.1. The minimum Gasteiger partial charge on any atom is -0.354 e. The largest absolute Gasteiger partial charge is 0.354 e. The van der Waals surface area contributed by atoms with Crippen LogP contribution in [0.3, 0.4) is 0 Å². The molecule has 2 rings (SSSR count). The van der Waals surface area contributed by atoms with E-state index in [0.29, 0.717) is 0 Å². The summed E-state index contributed by atoms with van der Waals surface area (Å²) >= 11 is 0. The predicted molar refractivity (Wildman–Crippen MR) is 73.1 cm³/mol. The average Bonchev–Trinajstić information content (AvgIpc) is 2.78. The van der Waals surface area contributed by atoms with Crippen molar-refractivity contribution in [1.29, 1.82) is 0 Å². The summed E-state index contributed by atoms with van der Waals surface area (Å²) in [5.41, 5.74) is 1.32. The molecular weight excluding hydrogens is 224 g/mol. The number of nitrogens with one attached hydrogen (secondary N) is 1. The van der Waals surface area contributed by atoms with Crippen LogP contribution in [0.2, 0.25) is 0 Å². The van der Waals surface area contributed by atoms with Crippen LogP contribution in [0.4, 0.5) is 0 Å². The Balaban J connectivity index is 1.83. The van der Waals surface area contributed by atoms with E-state index in [2.05, 4.69) is 34.5 Å². The molecule has 0 spiro atoms. The summed E-state index contributed by atoms with van der Waals surface area (Å²) in [5, 5.41) is 3.00. The zero-order valence-electron chi connectivity index (χ0n) is 11.2. The van der Waals surface area contributed by atoms with E-state index in [4.69, 9.17) is 0 Å². The number of nitrogens with zero attached hydrogens (tertiary/aromatic N) is 1. The van der Waals surface area contributed by atoms with Gasteiger partial charge in [-0.25, -0.2) is 0 Å². The van der Waals surface area contributed by atoms with E-state index in [1.165, 1.54) is 5.56 Å². The fourth-order valence-corrected chi connectivity index (χ4v) is 2.43. The quantitative estimate of drug-likeness (QED) is 0.881. The summed E-state index contributed by atoms with van der Waals surface area (Å²) < 4.78 is 0. The van der Waals surface area contributed by atoms with E-state index < -0.39 is 0 Å². The number of carbonyl (C=O) groups excluding carboxylic acids is 1. The number of hydrogen-bond acceptors (Lipinski definition) is 2. The van der Waals surface area contributed by atoms with Crippen molar-refractivity contribution in [3.05, 3.63) is 35.9 Å². The molecule has 3 nitrogen and oxygen atoms in total. The molecule has 18 heavy (non-hydrogen) atoms. The van der Waals surface area contributed by atoms with Crippen LogP contribution in [0.5, 0.6) is 0 Å². The Hall–Kier alpha value is -1.35. The molecule has 1 aliphatic rings. The molecule has 3 heteroatoms. The number of hydrogen-bond donors (Lipinski definition) is 1. The molecule has 1 heterocycles. The van der Waals surface area contributed by atoms with Crippen LogP contribution in [-0.2, 0) is 11.3 Å². The molecule has 1 aromatic rings. The van der Waals surface area contributed by atoms with Crippen molar-refractivity contribution < 1.29 is 4.79 Å². The van der Waals surface area contributed by atoms with Crippen LogP contribution in [0, 0.1) is 5.92 Å². The van der Waals surface area contributed by atoms with Crippen molar-refractivity contribution in [2.24, 2.45) is 5.92 Å². The second-order valence-electron chi connectivity index (χ2n) is 5.37. The number of rotatable bonds is 4. The Labute approximate surface area is 109 Å². The Morgan fingerprint density at radius 1 is 1.39 bits per heavy atom. The van der Waals surface area contributed by atoms with Crippen LogP contribution in [-0.4, -0.2) is 29.9 Å². The Bertz CT molecular complexity index is 389. The van der Waals surface area contributed by atoms with E-state index in [0.717, 1.165) is 26.1 Å². The highest BCUT2D eigenvalue weighted by atomic mass is 16.2. The number of amides is 1. The first-order valence-corrected chi connectivity index (χ1v) is 6.72. The minimum atomic E-state index is 0.163. The fourth-order valence-electron chi connectivity index (χ4n) is 2.43. The maximum absolute atomic E-state index is 11.9. The molecule has 1 saturated heterocycles. The van der Waals surface area contributed by atoms with Gasteiger partial charge in [0, 0.05) is 19.1 Å². The molecular formula is C15H22N2O. The van der Waals surface area contributed by atoms with Gasteiger partial charge >= 0.3 is 0 Å². The van der Waals surface area contributed by atoms with Gasteiger partial charge in [0.2, 0.25) is 5.91 Å². The van der Waals surface area contributed by atoms with E-state index in [1.54, 1.807) is 0 Å². The van der Waals surface area contributed by atoms with Crippen LogP contribution >= 0.6 is 0 Å². The third-order valence-electron chi connectivity index (χ3n) is 3.32. The highest BCUT2D eigenvalue weighted by Crippen LogP contribution is 2.18. The SMILES string of the molecule is CC(C)NC(=O)C1CCN(Cc2ccccc2)C1. The molecule has 1 unspecified atom stereocenters. The molecule has 1 atom stereocenters. The molecule has 1 fully saturated rings. The maximum atomic E-state index is 11.9. The maximum Gasteiger partial charge on any atom is 0.224 e. The Morgan fingerprint density at radius 3 is 2.78 bits per heavy atom. The molecule has 0 aromatic heterocycles. The van der Waals surface area contributed by atoms with Gasteiger partial charge < -0.3 is 5.32 Å². The number of benzene rings is 1. The zero-order chi connectivity index (χ0) is 13.0. The lowest BCUT2D eigenvalue weighted by Gasteiger charge is -2.16. The highest BCUT2D eigenvalue weighted by Gasteiger charge is 2.28. The second-order valence-corrected chi connectivity index (χ2v) is 5.37. The lowest BCUT2D eigenvalue weighted by molar-refractivity contribution is -0.125. The lowest BCUT2D eigenvalue weighted by Crippen LogP contribution is -2.36. The first-order valence-electron chi connectivity index (χ1n) is 6.72. The normalized spacial score (nSPS) is 20.3. The van der Waals surface area contributed by atoms with E-state index in [-0.39, 0.29) is 17.9 Å². The summed E-state index contributed by atoms with van der Waals surface area (Å²) in [7, 11) is 0.